The van der Waals surface area contributed by atoms with Gasteiger partial charge in [0.2, 0.25) is 11.8 Å². The van der Waals surface area contributed by atoms with Crippen LogP contribution in [0.4, 0.5) is 18.9 Å². The van der Waals surface area contributed by atoms with Crippen molar-refractivity contribution < 1.29 is 22.8 Å². The topological polar surface area (TPSA) is 87.5 Å². The largest absolute Gasteiger partial charge is 0.416 e. The Kier molecular flexibility index (Phi) is 5.83. The molecule has 4 N–H and O–H groups in total. The number of alkyl halides is 3. The molecule has 3 atom stereocenters. The van der Waals surface area contributed by atoms with Gasteiger partial charge in [-0.05, 0) is 56.5 Å². The van der Waals surface area contributed by atoms with Crippen LogP contribution in [-0.4, -0.2) is 48.4 Å². The van der Waals surface area contributed by atoms with E-state index in [0.717, 1.165) is 12.1 Å². The van der Waals surface area contributed by atoms with Crippen molar-refractivity contribution in [3.05, 3.63) is 29.3 Å². The SMILES string of the molecule is Cc1cc(N[C@@H]2CCCN([C@@H]3CNCC[C@H]3C(N)=O)C2=O)cc(C(F)(F)F)c1. The van der Waals surface area contributed by atoms with Crippen LogP contribution >= 0.6 is 0 Å². The number of carbonyl (C=O) groups excluding carboxylic acids is 2. The summed E-state index contributed by atoms with van der Waals surface area (Å²) >= 11 is 0. The molecular formula is C19H25F3N4O2. The van der Waals surface area contributed by atoms with E-state index in [1.54, 1.807) is 17.9 Å². The van der Waals surface area contributed by atoms with Gasteiger partial charge in [0.15, 0.2) is 0 Å². The molecule has 6 nitrogen and oxygen atoms in total. The summed E-state index contributed by atoms with van der Waals surface area (Å²) in [6.07, 6.45) is -2.67. The van der Waals surface area contributed by atoms with Crippen LogP contribution in [0.5, 0.6) is 0 Å². The fraction of sp³-hybridized carbons (Fsp3) is 0.579. The molecule has 2 aliphatic rings. The molecule has 0 unspecified atom stereocenters. The monoisotopic (exact) mass is 398 g/mol. The Labute approximate surface area is 161 Å². The number of likely N-dealkylation sites (tertiary alicyclic amines) is 1. The highest BCUT2D eigenvalue weighted by molar-refractivity contribution is 5.87. The van der Waals surface area contributed by atoms with Crippen LogP contribution in [-0.2, 0) is 15.8 Å². The van der Waals surface area contributed by atoms with Crippen molar-refractivity contribution >= 4 is 17.5 Å². The molecular weight excluding hydrogens is 373 g/mol. The Balaban J connectivity index is 1.78. The minimum Gasteiger partial charge on any atom is -0.374 e. The maximum absolute atomic E-state index is 13.1. The predicted molar refractivity (Wildman–Crippen MR) is 98.5 cm³/mol. The first-order valence-electron chi connectivity index (χ1n) is 9.43. The van der Waals surface area contributed by atoms with E-state index in [-0.39, 0.29) is 17.6 Å². The molecule has 9 heteroatoms. The first-order chi connectivity index (χ1) is 13.2. The van der Waals surface area contributed by atoms with Gasteiger partial charge in [0.25, 0.3) is 0 Å². The van der Waals surface area contributed by atoms with E-state index < -0.39 is 29.6 Å². The zero-order valence-corrected chi connectivity index (χ0v) is 15.7. The molecule has 2 heterocycles. The van der Waals surface area contributed by atoms with Crippen molar-refractivity contribution in [3.63, 3.8) is 0 Å². The fourth-order valence-electron chi connectivity index (χ4n) is 4.10. The third-order valence-electron chi connectivity index (χ3n) is 5.43. The Morgan fingerprint density at radius 3 is 2.71 bits per heavy atom. The number of hydrogen-bond donors (Lipinski definition) is 3. The van der Waals surface area contributed by atoms with Crippen LogP contribution in [0.2, 0.25) is 0 Å². The second-order valence-electron chi connectivity index (χ2n) is 7.53. The molecule has 0 aliphatic carbocycles. The summed E-state index contributed by atoms with van der Waals surface area (Å²) in [6, 6.07) is 2.73. The van der Waals surface area contributed by atoms with Crippen LogP contribution < -0.4 is 16.4 Å². The van der Waals surface area contributed by atoms with Crippen LogP contribution in [0.3, 0.4) is 0 Å². The molecule has 2 saturated heterocycles. The molecule has 154 valence electrons. The number of rotatable bonds is 4. The average Bonchev–Trinajstić information content (AvgIpc) is 2.62. The van der Waals surface area contributed by atoms with Crippen molar-refractivity contribution in [2.45, 2.75) is 44.4 Å². The standard InChI is InChI=1S/C19H25F3N4O2/c1-11-7-12(19(20,21)22)9-13(8-11)25-15-3-2-6-26(18(15)28)16-10-24-5-4-14(16)17(23)27/h7-9,14-16,24-25H,2-6,10H2,1H3,(H2,23,27)/t14-,15-,16-/m1/s1. The Hall–Kier alpha value is -2.29. The second-order valence-corrected chi connectivity index (χ2v) is 7.53. The molecule has 2 aliphatic heterocycles. The van der Waals surface area contributed by atoms with Crippen LogP contribution in [0.15, 0.2) is 18.2 Å². The number of halogens is 3. The minimum atomic E-state index is -4.45. The number of hydrogen-bond acceptors (Lipinski definition) is 4. The van der Waals surface area contributed by atoms with Crippen LogP contribution in [0.25, 0.3) is 0 Å². The van der Waals surface area contributed by atoms with Crippen molar-refractivity contribution in [2.24, 2.45) is 11.7 Å². The normalized spacial score (nSPS) is 26.2. The molecule has 1 aromatic rings. The van der Waals surface area contributed by atoms with E-state index in [2.05, 4.69) is 10.6 Å². The van der Waals surface area contributed by atoms with Crippen molar-refractivity contribution in [1.29, 1.82) is 0 Å². The Morgan fingerprint density at radius 1 is 1.29 bits per heavy atom. The number of nitrogens with two attached hydrogens (primary N) is 1. The maximum atomic E-state index is 13.1. The summed E-state index contributed by atoms with van der Waals surface area (Å²) in [5.74, 6) is -1.05. The molecule has 3 rings (SSSR count). The lowest BCUT2D eigenvalue weighted by atomic mass is 9.88. The summed E-state index contributed by atoms with van der Waals surface area (Å²) in [7, 11) is 0. The van der Waals surface area contributed by atoms with Gasteiger partial charge >= 0.3 is 6.18 Å². The van der Waals surface area contributed by atoms with E-state index in [1.165, 1.54) is 0 Å². The fourth-order valence-corrected chi connectivity index (χ4v) is 4.10. The number of piperidine rings is 2. The minimum absolute atomic E-state index is 0.207. The summed E-state index contributed by atoms with van der Waals surface area (Å²) in [4.78, 5) is 26.5. The number of nitrogens with zero attached hydrogens (tertiary/aromatic N) is 1. The van der Waals surface area contributed by atoms with E-state index in [9.17, 15) is 22.8 Å². The summed E-state index contributed by atoms with van der Waals surface area (Å²) in [5.41, 5.74) is 5.49. The van der Waals surface area contributed by atoms with Crippen LogP contribution in [0.1, 0.15) is 30.4 Å². The van der Waals surface area contributed by atoms with Gasteiger partial charge in [-0.15, -0.1) is 0 Å². The predicted octanol–water partition coefficient (Wildman–Crippen LogP) is 1.88. The zero-order chi connectivity index (χ0) is 20.5. The highest BCUT2D eigenvalue weighted by Gasteiger charge is 2.40. The third kappa shape index (κ3) is 4.40. The zero-order valence-electron chi connectivity index (χ0n) is 15.7. The van der Waals surface area contributed by atoms with Gasteiger partial charge in [0.1, 0.15) is 6.04 Å². The van der Waals surface area contributed by atoms with E-state index >= 15 is 0 Å². The van der Waals surface area contributed by atoms with Gasteiger partial charge in [-0.1, -0.05) is 0 Å². The number of aryl methyl sites for hydroxylation is 1. The first kappa shape index (κ1) is 20.4. The average molecular weight is 398 g/mol. The number of amides is 2. The van der Waals surface area contributed by atoms with Crippen molar-refractivity contribution in [2.75, 3.05) is 25.0 Å². The summed E-state index contributed by atoms with van der Waals surface area (Å²) in [5, 5.41) is 6.16. The molecule has 0 aromatic heterocycles. The second kappa shape index (κ2) is 7.98. The summed E-state index contributed by atoms with van der Waals surface area (Å²) < 4.78 is 39.2. The van der Waals surface area contributed by atoms with Gasteiger partial charge in [0.05, 0.1) is 17.5 Å². The summed E-state index contributed by atoms with van der Waals surface area (Å²) in [6.45, 7) is 3.24. The molecule has 0 bridgehead atoms. The highest BCUT2D eigenvalue weighted by atomic mass is 19.4. The van der Waals surface area contributed by atoms with E-state index in [1.807, 2.05) is 0 Å². The van der Waals surface area contributed by atoms with Crippen molar-refractivity contribution in [3.8, 4) is 0 Å². The van der Waals surface area contributed by atoms with Crippen LogP contribution in [0, 0.1) is 12.8 Å². The number of benzene rings is 1. The molecule has 0 spiro atoms. The maximum Gasteiger partial charge on any atom is 0.416 e. The lowest BCUT2D eigenvalue weighted by molar-refractivity contribution is -0.140. The molecule has 0 saturated carbocycles. The number of primary amides is 1. The Bertz CT molecular complexity index is 753. The number of anilines is 1. The highest BCUT2D eigenvalue weighted by Crippen LogP contribution is 2.32. The van der Waals surface area contributed by atoms with Gasteiger partial charge < -0.3 is 21.3 Å². The van der Waals surface area contributed by atoms with E-state index in [0.29, 0.717) is 44.5 Å². The Morgan fingerprint density at radius 2 is 2.04 bits per heavy atom. The molecule has 2 fully saturated rings. The lowest BCUT2D eigenvalue weighted by Gasteiger charge is -2.43. The third-order valence-corrected chi connectivity index (χ3v) is 5.43. The molecule has 2 amide bonds. The van der Waals surface area contributed by atoms with Gasteiger partial charge in [-0.2, -0.15) is 13.2 Å². The number of carbonyl (C=O) groups is 2. The van der Waals surface area contributed by atoms with Gasteiger partial charge in [0, 0.05) is 18.8 Å². The van der Waals surface area contributed by atoms with Gasteiger partial charge in [-0.25, -0.2) is 0 Å². The molecule has 28 heavy (non-hydrogen) atoms. The van der Waals surface area contributed by atoms with Gasteiger partial charge in [-0.3, -0.25) is 9.59 Å². The van der Waals surface area contributed by atoms with Crippen molar-refractivity contribution in [1.82, 2.24) is 10.2 Å². The van der Waals surface area contributed by atoms with E-state index in [4.69, 9.17) is 5.73 Å². The molecule has 0 radical (unpaired) electrons. The smallest absolute Gasteiger partial charge is 0.374 e. The number of nitrogens with one attached hydrogen (secondary N) is 2. The quantitative estimate of drug-likeness (QED) is 0.723. The first-order valence-corrected chi connectivity index (χ1v) is 9.43. The molecule has 1 aromatic carbocycles. The lowest BCUT2D eigenvalue weighted by Crippen LogP contribution is -2.60.